The molecule has 0 aliphatic carbocycles. The Morgan fingerprint density at radius 2 is 2.00 bits per heavy atom. The van der Waals surface area contributed by atoms with Gasteiger partial charge in [0, 0.05) is 23.1 Å². The summed E-state index contributed by atoms with van der Waals surface area (Å²) in [6, 6.07) is 8.38. The van der Waals surface area contributed by atoms with Crippen LogP contribution in [0.2, 0.25) is 10.2 Å². The second-order valence-electron chi connectivity index (χ2n) is 4.81. The molecule has 0 fully saturated rings. The highest BCUT2D eigenvalue weighted by atomic mass is 35.5. The molecule has 2 heterocycles. The number of fused-ring (bicyclic) bond motifs is 1. The van der Waals surface area contributed by atoms with Gasteiger partial charge in [-0.05, 0) is 24.3 Å². The summed E-state index contributed by atoms with van der Waals surface area (Å²) in [6.07, 6.45) is 0. The minimum Gasteiger partial charge on any atom is -0.508 e. The Morgan fingerprint density at radius 3 is 2.79 bits per heavy atom. The first kappa shape index (κ1) is 16.3. The normalized spacial score (nSPS) is 10.8. The number of aromatic nitrogens is 1. The zero-order chi connectivity index (χ0) is 17.3. The number of aromatic hydroxyl groups is 1. The van der Waals surface area contributed by atoms with E-state index < -0.39 is 11.6 Å². The van der Waals surface area contributed by atoms with Gasteiger partial charge in [0.2, 0.25) is 0 Å². The Morgan fingerprint density at radius 1 is 1.21 bits per heavy atom. The van der Waals surface area contributed by atoms with Crippen LogP contribution in [-0.2, 0) is 11.3 Å². The van der Waals surface area contributed by atoms with Crippen molar-refractivity contribution in [1.82, 2.24) is 4.98 Å². The predicted molar refractivity (Wildman–Crippen MR) is 87.5 cm³/mol. The summed E-state index contributed by atoms with van der Waals surface area (Å²) in [5, 5.41) is 10.2. The van der Waals surface area contributed by atoms with Crippen LogP contribution in [0.15, 0.2) is 45.6 Å². The van der Waals surface area contributed by atoms with Gasteiger partial charge >= 0.3 is 11.6 Å². The fourth-order valence-corrected chi connectivity index (χ4v) is 2.44. The Kier molecular flexibility index (Phi) is 4.42. The lowest BCUT2D eigenvalue weighted by molar-refractivity contribution is 0.0467. The van der Waals surface area contributed by atoms with E-state index in [2.05, 4.69) is 4.98 Å². The van der Waals surface area contributed by atoms with E-state index >= 15 is 0 Å². The van der Waals surface area contributed by atoms with E-state index in [9.17, 15) is 14.7 Å². The summed E-state index contributed by atoms with van der Waals surface area (Å²) in [5.74, 6) is -0.822. The largest absolute Gasteiger partial charge is 0.508 e. The molecule has 0 spiro atoms. The number of benzene rings is 1. The van der Waals surface area contributed by atoms with E-state index in [1.807, 2.05) is 0 Å². The van der Waals surface area contributed by atoms with Crippen LogP contribution in [0.3, 0.4) is 0 Å². The van der Waals surface area contributed by atoms with Gasteiger partial charge in [-0.1, -0.05) is 23.2 Å². The smallest absolute Gasteiger partial charge is 0.358 e. The van der Waals surface area contributed by atoms with Crippen LogP contribution in [0.1, 0.15) is 16.1 Å². The number of nitrogens with zero attached hydrogens (tertiary/aromatic N) is 1. The molecule has 1 N–H and O–H groups in total. The Labute approximate surface area is 145 Å². The van der Waals surface area contributed by atoms with Crippen molar-refractivity contribution >= 4 is 40.1 Å². The number of rotatable bonds is 3. The van der Waals surface area contributed by atoms with E-state index in [0.717, 1.165) is 0 Å². The highest BCUT2D eigenvalue weighted by molar-refractivity contribution is 6.34. The van der Waals surface area contributed by atoms with Crippen molar-refractivity contribution in [1.29, 1.82) is 0 Å². The number of carbonyl (C=O) groups excluding carboxylic acids is 1. The van der Waals surface area contributed by atoms with Crippen molar-refractivity contribution in [3.63, 3.8) is 0 Å². The van der Waals surface area contributed by atoms with Gasteiger partial charge in [0.15, 0.2) is 5.69 Å². The Bertz CT molecular complexity index is 999. The van der Waals surface area contributed by atoms with Crippen molar-refractivity contribution in [2.45, 2.75) is 6.61 Å². The minimum absolute atomic E-state index is 0.0466. The third kappa shape index (κ3) is 3.34. The molecular weight excluding hydrogens is 357 g/mol. The highest BCUT2D eigenvalue weighted by Crippen LogP contribution is 2.23. The number of hydrogen-bond donors (Lipinski definition) is 1. The van der Waals surface area contributed by atoms with Crippen LogP contribution < -0.4 is 5.63 Å². The van der Waals surface area contributed by atoms with Crippen LogP contribution in [0.4, 0.5) is 0 Å². The van der Waals surface area contributed by atoms with Gasteiger partial charge in [0.05, 0.1) is 5.02 Å². The van der Waals surface area contributed by atoms with E-state index in [1.165, 1.54) is 30.3 Å². The topological polar surface area (TPSA) is 89.6 Å². The number of esters is 1. The molecule has 0 saturated carbocycles. The van der Waals surface area contributed by atoms with Gasteiger partial charge in [-0.15, -0.1) is 0 Å². The number of carbonyl (C=O) groups is 1. The number of pyridine rings is 1. The van der Waals surface area contributed by atoms with Crippen LogP contribution >= 0.6 is 23.2 Å². The highest BCUT2D eigenvalue weighted by Gasteiger charge is 2.16. The maximum atomic E-state index is 12.1. The molecule has 2 aromatic heterocycles. The van der Waals surface area contributed by atoms with E-state index in [0.29, 0.717) is 10.9 Å². The molecule has 0 aliphatic heterocycles. The lowest BCUT2D eigenvalue weighted by Crippen LogP contribution is -2.10. The third-order valence-corrected chi connectivity index (χ3v) is 3.69. The summed E-state index contributed by atoms with van der Waals surface area (Å²) in [5.41, 5.74) is -0.132. The molecule has 0 radical (unpaired) electrons. The first-order valence-corrected chi connectivity index (χ1v) is 7.44. The van der Waals surface area contributed by atoms with Gasteiger partial charge in [-0.3, -0.25) is 0 Å². The molecule has 0 amide bonds. The molecule has 1 aromatic carbocycles. The second kappa shape index (κ2) is 6.51. The van der Waals surface area contributed by atoms with Crippen molar-refractivity contribution in [2.75, 3.05) is 0 Å². The second-order valence-corrected chi connectivity index (χ2v) is 5.61. The van der Waals surface area contributed by atoms with Crippen LogP contribution in [0, 0.1) is 0 Å². The molecule has 0 unspecified atom stereocenters. The predicted octanol–water partition coefficient (Wildman–Crippen LogP) is 3.56. The first-order valence-electron chi connectivity index (χ1n) is 6.69. The zero-order valence-corrected chi connectivity index (χ0v) is 13.5. The molecule has 0 aliphatic rings. The summed E-state index contributed by atoms with van der Waals surface area (Å²) >= 11 is 11.6. The summed E-state index contributed by atoms with van der Waals surface area (Å²) in [7, 11) is 0. The number of phenolic OH excluding ortho intramolecular Hbond substituents is 1. The maximum Gasteiger partial charge on any atom is 0.358 e. The zero-order valence-electron chi connectivity index (χ0n) is 12.0. The van der Waals surface area contributed by atoms with Gasteiger partial charge < -0.3 is 14.3 Å². The van der Waals surface area contributed by atoms with E-state index in [1.54, 1.807) is 6.07 Å². The maximum absolute atomic E-state index is 12.1. The molecular formula is C16H9Cl2NO5. The molecule has 6 nitrogen and oxygen atoms in total. The summed E-state index contributed by atoms with van der Waals surface area (Å²) in [4.78, 5) is 27.5. The molecule has 122 valence electrons. The number of phenols is 1. The lowest BCUT2D eigenvalue weighted by Gasteiger charge is -2.08. The fourth-order valence-electron chi connectivity index (χ4n) is 2.11. The molecule has 0 saturated heterocycles. The number of ether oxygens (including phenoxy) is 1. The van der Waals surface area contributed by atoms with E-state index in [4.69, 9.17) is 32.4 Å². The fraction of sp³-hybridized carbons (Fsp3) is 0.0625. The van der Waals surface area contributed by atoms with Crippen molar-refractivity contribution in [3.8, 4) is 5.75 Å². The van der Waals surface area contributed by atoms with Crippen molar-refractivity contribution in [2.24, 2.45) is 0 Å². The van der Waals surface area contributed by atoms with Crippen molar-refractivity contribution < 1.29 is 19.1 Å². The van der Waals surface area contributed by atoms with Crippen LogP contribution in [0.5, 0.6) is 5.75 Å². The van der Waals surface area contributed by atoms with Crippen LogP contribution in [-0.4, -0.2) is 16.1 Å². The van der Waals surface area contributed by atoms with Crippen LogP contribution in [0.25, 0.3) is 11.0 Å². The molecule has 24 heavy (non-hydrogen) atoms. The molecule has 3 rings (SSSR count). The molecule has 0 bridgehead atoms. The summed E-state index contributed by atoms with van der Waals surface area (Å²) in [6.45, 7) is -0.198. The third-order valence-electron chi connectivity index (χ3n) is 3.18. The SMILES string of the molecule is O=C(OCc1cc(=O)oc2cc(O)ccc12)c1nc(Cl)ccc1Cl. The lowest BCUT2D eigenvalue weighted by atomic mass is 10.1. The number of halogens is 2. The molecule has 0 atom stereocenters. The Balaban J connectivity index is 1.89. The minimum atomic E-state index is -0.775. The van der Waals surface area contributed by atoms with Gasteiger partial charge in [0.25, 0.3) is 0 Å². The summed E-state index contributed by atoms with van der Waals surface area (Å²) < 4.78 is 10.2. The van der Waals surface area contributed by atoms with Crippen molar-refractivity contribution in [3.05, 3.63) is 68.3 Å². The first-order chi connectivity index (χ1) is 11.4. The average Bonchev–Trinajstić information content (AvgIpc) is 2.54. The standard InChI is InChI=1S/C16H9Cl2NO5/c17-11-3-4-13(18)19-15(11)16(22)23-7-8-5-14(21)24-12-6-9(20)1-2-10(8)12/h1-6,20H,7H2. The average molecular weight is 366 g/mol. The number of hydrogen-bond acceptors (Lipinski definition) is 6. The monoisotopic (exact) mass is 365 g/mol. The quantitative estimate of drug-likeness (QED) is 0.433. The molecule has 3 aromatic rings. The molecule has 8 heteroatoms. The van der Waals surface area contributed by atoms with Gasteiger partial charge in [0.1, 0.15) is 23.1 Å². The Hall–Kier alpha value is -2.57. The van der Waals surface area contributed by atoms with E-state index in [-0.39, 0.29) is 33.8 Å². The van der Waals surface area contributed by atoms with Gasteiger partial charge in [-0.2, -0.15) is 0 Å². The van der Waals surface area contributed by atoms with Gasteiger partial charge in [-0.25, -0.2) is 14.6 Å².